The van der Waals surface area contributed by atoms with Crippen LogP contribution in [-0.4, -0.2) is 37.1 Å². The van der Waals surface area contributed by atoms with Gasteiger partial charge in [-0.15, -0.1) is 0 Å². The van der Waals surface area contributed by atoms with E-state index in [0.29, 0.717) is 39.1 Å². The summed E-state index contributed by atoms with van der Waals surface area (Å²) < 4.78 is 27.9. The topological polar surface area (TPSA) is 127 Å². The van der Waals surface area contributed by atoms with E-state index in [1.54, 1.807) is 30.3 Å². The van der Waals surface area contributed by atoms with E-state index < -0.39 is 17.4 Å². The zero-order chi connectivity index (χ0) is 28.3. The number of carbonyl (C=O) groups is 2. The van der Waals surface area contributed by atoms with Crippen LogP contribution in [0.1, 0.15) is 31.2 Å². The number of rotatable bonds is 7. The molecule has 1 N–H and O–H groups in total. The number of nitrogens with one attached hydrogen (secondary N) is 1. The Labute approximate surface area is 237 Å². The van der Waals surface area contributed by atoms with Crippen molar-refractivity contribution < 1.29 is 33.3 Å². The van der Waals surface area contributed by atoms with Crippen molar-refractivity contribution >= 4 is 28.9 Å². The summed E-state index contributed by atoms with van der Waals surface area (Å²) in [6, 6.07) is 18.5. The molecule has 4 aromatic rings. The highest BCUT2D eigenvalue weighted by Gasteiger charge is 2.17. The maximum absolute atomic E-state index is 13.4. The minimum absolute atomic E-state index is 0.145. The van der Waals surface area contributed by atoms with E-state index >= 15 is 0 Å². The summed E-state index contributed by atoms with van der Waals surface area (Å²) in [6.45, 7) is 0.762. The summed E-state index contributed by atoms with van der Waals surface area (Å²) in [6.07, 6.45) is 0. The van der Waals surface area contributed by atoms with Gasteiger partial charge in [0, 0.05) is 11.8 Å². The Bertz CT molecular complexity index is 1780. The van der Waals surface area contributed by atoms with Crippen molar-refractivity contribution in [1.82, 2.24) is 4.57 Å². The van der Waals surface area contributed by atoms with Crippen molar-refractivity contribution in [2.75, 3.05) is 26.0 Å². The van der Waals surface area contributed by atoms with Crippen LogP contribution in [0.3, 0.4) is 0 Å². The van der Waals surface area contributed by atoms with Crippen molar-refractivity contribution in [2.45, 2.75) is 13.1 Å². The van der Waals surface area contributed by atoms with Gasteiger partial charge in [-0.25, -0.2) is 4.79 Å². The highest BCUT2D eigenvalue weighted by molar-refractivity contribution is 7.11. The van der Waals surface area contributed by atoms with Crippen LogP contribution < -0.4 is 34.6 Å². The Hall–Kier alpha value is -5.10. The summed E-state index contributed by atoms with van der Waals surface area (Å²) in [5.41, 5.74) is 2.08. The molecule has 3 aromatic carbocycles. The fourth-order valence-corrected chi connectivity index (χ4v) is 5.16. The molecule has 0 saturated carbocycles. The number of ether oxygens (including phenoxy) is 5. The van der Waals surface area contributed by atoms with Crippen molar-refractivity contribution in [1.29, 1.82) is 0 Å². The number of methoxy groups -OCH3 is 1. The number of aromatic nitrogens is 1. The molecule has 0 bridgehead atoms. The third-order valence-corrected chi connectivity index (χ3v) is 7.41. The van der Waals surface area contributed by atoms with E-state index in [4.69, 9.17) is 28.7 Å². The maximum atomic E-state index is 13.4. The Morgan fingerprint density at radius 2 is 1.51 bits per heavy atom. The van der Waals surface area contributed by atoms with Gasteiger partial charge in [-0.05, 0) is 59.7 Å². The first-order chi connectivity index (χ1) is 20.0. The fraction of sp³-hybridized carbons (Fsp3) is 0.172. The molecule has 3 heterocycles. The summed E-state index contributed by atoms with van der Waals surface area (Å²) in [7, 11) is 1.29. The standard InChI is InChI=1S/C29H23N3O8S/c1-36-28(35)19-4-6-20(7-5-19)31-27(34)25-12-26(33)32(14-18-3-9-22-24(11-18)40-16-38-22)29(41-25)30-13-17-2-8-21-23(10-17)39-15-37-21/h2-12H,13-16H2,1H3,(H,31,34). The maximum Gasteiger partial charge on any atom is 0.337 e. The van der Waals surface area contributed by atoms with Crippen molar-refractivity contribution in [3.63, 3.8) is 0 Å². The molecule has 0 spiro atoms. The van der Waals surface area contributed by atoms with Gasteiger partial charge in [-0.3, -0.25) is 19.1 Å². The van der Waals surface area contributed by atoms with Crippen molar-refractivity contribution in [3.8, 4) is 23.0 Å². The summed E-state index contributed by atoms with van der Waals surface area (Å²) >= 11 is 1.09. The van der Waals surface area contributed by atoms with Crippen LogP contribution in [0.15, 0.2) is 76.5 Å². The second-order valence-corrected chi connectivity index (χ2v) is 10.0. The molecule has 2 aliphatic rings. The quantitative estimate of drug-likeness (QED) is 0.333. The van der Waals surface area contributed by atoms with Gasteiger partial charge < -0.3 is 29.0 Å². The normalized spacial score (nSPS) is 13.2. The van der Waals surface area contributed by atoms with E-state index in [2.05, 4.69) is 5.32 Å². The zero-order valence-corrected chi connectivity index (χ0v) is 22.6. The molecule has 0 fully saturated rings. The number of fused-ring (bicyclic) bond motifs is 2. The van der Waals surface area contributed by atoms with Gasteiger partial charge in [0.15, 0.2) is 27.8 Å². The number of nitrogens with zero attached hydrogens (tertiary/aromatic N) is 2. The SMILES string of the molecule is COC(=O)c1ccc(NC(=O)c2cc(=O)n(Cc3ccc4c(c3)OCO4)c(=NCc3ccc4c(c3)OCO4)s2)cc1. The van der Waals surface area contributed by atoms with Crippen LogP contribution >= 0.6 is 11.3 Å². The highest BCUT2D eigenvalue weighted by Crippen LogP contribution is 2.33. The van der Waals surface area contributed by atoms with Crippen LogP contribution in [0.2, 0.25) is 0 Å². The Balaban J connectivity index is 1.32. The van der Waals surface area contributed by atoms with E-state index in [9.17, 15) is 14.4 Å². The number of hydrogen-bond acceptors (Lipinski definition) is 10. The lowest BCUT2D eigenvalue weighted by Gasteiger charge is -2.10. The van der Waals surface area contributed by atoms with Crippen LogP contribution in [0.5, 0.6) is 23.0 Å². The minimum atomic E-state index is -0.482. The molecule has 11 nitrogen and oxygen atoms in total. The fourth-order valence-electron chi connectivity index (χ4n) is 4.26. The Kier molecular flexibility index (Phi) is 7.13. The monoisotopic (exact) mass is 573 g/mol. The average molecular weight is 574 g/mol. The predicted molar refractivity (Wildman–Crippen MR) is 148 cm³/mol. The first-order valence-electron chi connectivity index (χ1n) is 12.5. The highest BCUT2D eigenvalue weighted by atomic mass is 32.1. The number of anilines is 1. The molecule has 0 radical (unpaired) electrons. The molecule has 1 amide bonds. The number of carbonyl (C=O) groups excluding carboxylic acids is 2. The Morgan fingerprint density at radius 3 is 2.20 bits per heavy atom. The molecule has 1 aromatic heterocycles. The van der Waals surface area contributed by atoms with Gasteiger partial charge in [-0.2, -0.15) is 0 Å². The van der Waals surface area contributed by atoms with E-state index in [0.717, 1.165) is 22.5 Å². The second kappa shape index (κ2) is 11.2. The van der Waals surface area contributed by atoms with E-state index in [1.807, 2.05) is 30.3 Å². The molecule has 208 valence electrons. The van der Waals surface area contributed by atoms with Gasteiger partial charge in [0.25, 0.3) is 11.5 Å². The lowest BCUT2D eigenvalue weighted by Crippen LogP contribution is -2.33. The van der Waals surface area contributed by atoms with Gasteiger partial charge >= 0.3 is 5.97 Å². The summed E-state index contributed by atoms with van der Waals surface area (Å²) in [4.78, 5) is 43.5. The molecule has 0 unspecified atom stereocenters. The molecule has 0 saturated heterocycles. The molecule has 12 heteroatoms. The molecule has 41 heavy (non-hydrogen) atoms. The van der Waals surface area contributed by atoms with Crippen LogP contribution in [0, 0.1) is 0 Å². The van der Waals surface area contributed by atoms with Crippen LogP contribution in [0.25, 0.3) is 0 Å². The largest absolute Gasteiger partial charge is 0.465 e. The third kappa shape index (κ3) is 5.63. The lowest BCUT2D eigenvalue weighted by molar-refractivity contribution is 0.0600. The molecule has 2 aliphatic heterocycles. The number of amides is 1. The molecule has 6 rings (SSSR count). The first kappa shape index (κ1) is 26.1. The van der Waals surface area contributed by atoms with Crippen LogP contribution in [-0.2, 0) is 17.8 Å². The smallest absolute Gasteiger partial charge is 0.337 e. The molecule has 0 aliphatic carbocycles. The summed E-state index contributed by atoms with van der Waals surface area (Å²) in [5, 5.41) is 2.76. The number of esters is 1. The van der Waals surface area contributed by atoms with Crippen molar-refractivity contribution in [2.24, 2.45) is 4.99 Å². The minimum Gasteiger partial charge on any atom is -0.465 e. The Morgan fingerprint density at radius 1 is 0.878 bits per heavy atom. The first-order valence-corrected chi connectivity index (χ1v) is 13.3. The van der Waals surface area contributed by atoms with Crippen LogP contribution in [0.4, 0.5) is 5.69 Å². The zero-order valence-electron chi connectivity index (χ0n) is 21.7. The molecule has 0 atom stereocenters. The van der Waals surface area contributed by atoms with E-state index in [1.165, 1.54) is 17.7 Å². The number of hydrogen-bond donors (Lipinski definition) is 1. The van der Waals surface area contributed by atoms with E-state index in [-0.39, 0.29) is 31.6 Å². The third-order valence-electron chi connectivity index (χ3n) is 6.35. The lowest BCUT2D eigenvalue weighted by atomic mass is 10.2. The van der Waals surface area contributed by atoms with Gasteiger partial charge in [0.1, 0.15) is 4.88 Å². The van der Waals surface area contributed by atoms with Gasteiger partial charge in [0.05, 0.1) is 25.8 Å². The predicted octanol–water partition coefficient (Wildman–Crippen LogP) is 3.56. The van der Waals surface area contributed by atoms with Gasteiger partial charge in [0.2, 0.25) is 13.6 Å². The molecular weight excluding hydrogens is 550 g/mol. The average Bonchev–Trinajstić information content (AvgIpc) is 3.66. The number of benzene rings is 3. The summed E-state index contributed by atoms with van der Waals surface area (Å²) in [5.74, 6) is 1.58. The second-order valence-electron chi connectivity index (χ2n) is 9.03. The van der Waals surface area contributed by atoms with Gasteiger partial charge in [-0.1, -0.05) is 23.5 Å². The molecular formula is C29H23N3O8S. The van der Waals surface area contributed by atoms with Crippen molar-refractivity contribution in [3.05, 3.63) is 103 Å².